The van der Waals surface area contributed by atoms with Crippen LogP contribution in [-0.4, -0.2) is 70.1 Å². The molecule has 0 bridgehead atoms. The van der Waals surface area contributed by atoms with Crippen LogP contribution in [0.25, 0.3) is 5.52 Å². The van der Waals surface area contributed by atoms with E-state index in [0.29, 0.717) is 19.0 Å². The number of carbonyl (C=O) groups is 2. The Labute approximate surface area is 183 Å². The van der Waals surface area contributed by atoms with Crippen molar-refractivity contribution in [2.45, 2.75) is 45.7 Å². The number of rotatable bonds is 5. The van der Waals surface area contributed by atoms with Crippen LogP contribution in [0.4, 0.5) is 10.5 Å². The van der Waals surface area contributed by atoms with Crippen molar-refractivity contribution in [1.82, 2.24) is 24.7 Å². The maximum Gasteiger partial charge on any atom is 0.328 e. The third kappa shape index (κ3) is 4.19. The van der Waals surface area contributed by atoms with Gasteiger partial charge in [-0.1, -0.05) is 6.92 Å². The van der Waals surface area contributed by atoms with E-state index in [0.717, 1.165) is 49.2 Å². The summed E-state index contributed by atoms with van der Waals surface area (Å²) in [5, 5.41) is 6.79. The minimum absolute atomic E-state index is 0.224. The molecule has 3 aliphatic rings. The van der Waals surface area contributed by atoms with Crippen LogP contribution in [0.15, 0.2) is 24.5 Å². The number of piperazine rings is 1. The molecule has 0 radical (unpaired) electrons. The summed E-state index contributed by atoms with van der Waals surface area (Å²) >= 11 is 0. The number of aromatic nitrogens is 2. The van der Waals surface area contributed by atoms with E-state index in [-0.39, 0.29) is 11.9 Å². The van der Waals surface area contributed by atoms with Gasteiger partial charge in [0.1, 0.15) is 0 Å². The number of carbonyl (C=O) groups excluding carboxylic acids is 2. The van der Waals surface area contributed by atoms with Crippen molar-refractivity contribution in [3.63, 3.8) is 0 Å². The second kappa shape index (κ2) is 8.24. The van der Waals surface area contributed by atoms with Gasteiger partial charge in [0.25, 0.3) is 0 Å². The number of pyridine rings is 1. The molecule has 1 aliphatic carbocycles. The Hall–Kier alpha value is -2.45. The summed E-state index contributed by atoms with van der Waals surface area (Å²) in [6.45, 7) is 10.5. The second-order valence-corrected chi connectivity index (χ2v) is 9.67. The highest BCUT2D eigenvalue weighted by molar-refractivity contribution is 6.07. The molecular weight excluding hydrogens is 392 g/mol. The monoisotopic (exact) mass is 424 g/mol. The summed E-state index contributed by atoms with van der Waals surface area (Å²) in [6, 6.07) is 4.44. The summed E-state index contributed by atoms with van der Waals surface area (Å²) in [5.74, 6) is 1.59. The van der Waals surface area contributed by atoms with E-state index in [1.807, 2.05) is 6.20 Å². The normalized spacial score (nSPS) is 28.1. The van der Waals surface area contributed by atoms with Crippen molar-refractivity contribution >= 4 is 23.1 Å². The zero-order chi connectivity index (χ0) is 21.5. The van der Waals surface area contributed by atoms with Crippen LogP contribution in [-0.2, 0) is 11.3 Å². The van der Waals surface area contributed by atoms with Crippen LogP contribution in [0.1, 0.15) is 38.7 Å². The van der Waals surface area contributed by atoms with E-state index >= 15 is 0 Å². The van der Waals surface area contributed by atoms with E-state index in [1.165, 1.54) is 24.9 Å². The molecule has 3 amide bonds. The zero-order valence-corrected chi connectivity index (χ0v) is 18.5. The lowest BCUT2D eigenvalue weighted by Gasteiger charge is -2.44. The van der Waals surface area contributed by atoms with Gasteiger partial charge in [-0.3, -0.25) is 24.8 Å². The second-order valence-electron chi connectivity index (χ2n) is 9.67. The molecule has 0 unspecified atom stereocenters. The number of urea groups is 1. The van der Waals surface area contributed by atoms with Gasteiger partial charge in [-0.05, 0) is 49.3 Å². The number of nitrogens with one attached hydrogen (secondary N) is 1. The predicted octanol–water partition coefficient (Wildman–Crippen LogP) is 2.33. The summed E-state index contributed by atoms with van der Waals surface area (Å²) in [7, 11) is 0. The summed E-state index contributed by atoms with van der Waals surface area (Å²) in [6.07, 6.45) is 6.76. The molecule has 4 heterocycles. The number of hydrogen-bond acceptors (Lipinski definition) is 5. The summed E-state index contributed by atoms with van der Waals surface area (Å²) in [4.78, 5) is 30.6. The number of imide groups is 1. The molecule has 2 aliphatic heterocycles. The molecule has 166 valence electrons. The zero-order valence-electron chi connectivity index (χ0n) is 18.5. The van der Waals surface area contributed by atoms with Crippen LogP contribution < -0.4 is 10.2 Å². The van der Waals surface area contributed by atoms with Crippen molar-refractivity contribution in [2.24, 2.45) is 11.8 Å². The highest BCUT2D eigenvalue weighted by Crippen LogP contribution is 2.34. The van der Waals surface area contributed by atoms with Gasteiger partial charge in [-0.2, -0.15) is 5.10 Å². The Morgan fingerprint density at radius 2 is 2.00 bits per heavy atom. The minimum Gasteiger partial charge on any atom is -0.298 e. The highest BCUT2D eigenvalue weighted by atomic mass is 16.2. The van der Waals surface area contributed by atoms with Crippen LogP contribution in [0.5, 0.6) is 0 Å². The van der Waals surface area contributed by atoms with Gasteiger partial charge >= 0.3 is 6.03 Å². The quantitative estimate of drug-likeness (QED) is 0.798. The van der Waals surface area contributed by atoms with Gasteiger partial charge in [-0.25, -0.2) is 9.31 Å². The average molecular weight is 425 g/mol. The Kier molecular flexibility index (Phi) is 5.44. The van der Waals surface area contributed by atoms with Crippen molar-refractivity contribution < 1.29 is 9.59 Å². The topological polar surface area (TPSA) is 73.2 Å². The molecule has 3 fully saturated rings. The van der Waals surface area contributed by atoms with E-state index < -0.39 is 0 Å². The fourth-order valence-electron chi connectivity index (χ4n) is 5.41. The fourth-order valence-corrected chi connectivity index (χ4v) is 5.41. The molecule has 1 saturated carbocycles. The lowest BCUT2D eigenvalue weighted by molar-refractivity contribution is -0.120. The molecule has 5 rings (SSSR count). The smallest absolute Gasteiger partial charge is 0.298 e. The standard InChI is InChI=1S/C23H32N6O2/c1-16-9-19(10-16)15-27-8-7-26(13-17(27)2)14-18-3-6-29-20(11-18)21(12-24-29)28-5-4-22(30)25-23(28)31/h3,6,11-12,16-17,19H,4-5,7-10,13-15H2,1-2H3,(H,25,30,31)/t16-,17-,19+/m0/s1. The first-order valence-electron chi connectivity index (χ1n) is 11.5. The van der Waals surface area contributed by atoms with Gasteiger partial charge in [0.2, 0.25) is 5.91 Å². The van der Waals surface area contributed by atoms with Gasteiger partial charge in [-0.15, -0.1) is 0 Å². The number of nitrogens with zero attached hydrogens (tertiary/aromatic N) is 5. The molecule has 8 heteroatoms. The molecule has 1 atom stereocenters. The first-order valence-corrected chi connectivity index (χ1v) is 11.5. The Balaban J connectivity index is 1.25. The number of anilines is 1. The van der Waals surface area contributed by atoms with Gasteiger partial charge in [0.15, 0.2) is 0 Å². The largest absolute Gasteiger partial charge is 0.328 e. The fraction of sp³-hybridized carbons (Fsp3) is 0.609. The van der Waals surface area contributed by atoms with Crippen LogP contribution in [0, 0.1) is 11.8 Å². The molecule has 31 heavy (non-hydrogen) atoms. The summed E-state index contributed by atoms with van der Waals surface area (Å²) in [5.41, 5.74) is 2.86. The van der Waals surface area contributed by atoms with Crippen LogP contribution in [0.3, 0.4) is 0 Å². The SMILES string of the molecule is C[C@H]1CN(Cc2ccn3ncc(N4CCC(=O)NC4=O)c3c2)CCN1C[C@H]1C[C@@H](C)C1. The van der Waals surface area contributed by atoms with Crippen LogP contribution >= 0.6 is 0 Å². The highest BCUT2D eigenvalue weighted by Gasteiger charge is 2.31. The van der Waals surface area contributed by atoms with Gasteiger partial charge in [0, 0.05) is 57.9 Å². The lowest BCUT2D eigenvalue weighted by atomic mass is 9.76. The molecule has 0 aromatic carbocycles. The Morgan fingerprint density at radius 1 is 1.16 bits per heavy atom. The minimum atomic E-state index is -0.373. The van der Waals surface area contributed by atoms with Crippen molar-refractivity contribution in [3.05, 3.63) is 30.1 Å². The number of hydrogen-bond donors (Lipinski definition) is 1. The molecular formula is C23H32N6O2. The lowest BCUT2D eigenvalue weighted by Crippen LogP contribution is -2.53. The maximum atomic E-state index is 12.3. The van der Waals surface area contributed by atoms with E-state index in [9.17, 15) is 9.59 Å². The number of amides is 3. The van der Waals surface area contributed by atoms with Crippen molar-refractivity contribution in [3.8, 4) is 0 Å². The molecule has 8 nitrogen and oxygen atoms in total. The van der Waals surface area contributed by atoms with E-state index in [1.54, 1.807) is 15.6 Å². The average Bonchev–Trinajstić information content (AvgIpc) is 3.12. The van der Waals surface area contributed by atoms with Gasteiger partial charge < -0.3 is 0 Å². The molecule has 1 N–H and O–H groups in total. The Morgan fingerprint density at radius 3 is 2.74 bits per heavy atom. The first kappa shape index (κ1) is 20.5. The first-order chi connectivity index (χ1) is 15.0. The molecule has 2 saturated heterocycles. The van der Waals surface area contributed by atoms with Crippen molar-refractivity contribution in [2.75, 3.05) is 37.6 Å². The third-order valence-corrected chi connectivity index (χ3v) is 7.13. The van der Waals surface area contributed by atoms with Gasteiger partial charge in [0.05, 0.1) is 17.4 Å². The maximum absolute atomic E-state index is 12.3. The molecule has 0 spiro atoms. The summed E-state index contributed by atoms with van der Waals surface area (Å²) < 4.78 is 1.79. The molecule has 2 aromatic rings. The predicted molar refractivity (Wildman–Crippen MR) is 119 cm³/mol. The third-order valence-electron chi connectivity index (χ3n) is 7.13. The number of fused-ring (bicyclic) bond motifs is 1. The Bertz CT molecular complexity index is 982. The van der Waals surface area contributed by atoms with Crippen LogP contribution in [0.2, 0.25) is 0 Å². The van der Waals surface area contributed by atoms with E-state index in [4.69, 9.17) is 0 Å². The van der Waals surface area contributed by atoms with Crippen molar-refractivity contribution in [1.29, 1.82) is 0 Å². The van der Waals surface area contributed by atoms with E-state index in [2.05, 4.69) is 46.2 Å². The molecule has 2 aromatic heterocycles.